The number of allylic oxidation sites excluding steroid dienone is 2. The lowest BCUT2D eigenvalue weighted by atomic mass is 9.80. The Hall–Kier alpha value is -4.29. The van der Waals surface area contributed by atoms with Crippen LogP contribution in [-0.4, -0.2) is 35.8 Å². The van der Waals surface area contributed by atoms with Gasteiger partial charge in [-0.05, 0) is 66.5 Å². The molecule has 0 aliphatic heterocycles. The van der Waals surface area contributed by atoms with Gasteiger partial charge in [0.25, 0.3) is 0 Å². The molecule has 3 unspecified atom stereocenters. The molecule has 6 rings (SSSR count). The number of methoxy groups -OCH3 is 1. The van der Waals surface area contributed by atoms with Gasteiger partial charge in [0, 0.05) is 18.5 Å². The zero-order valence-electron chi connectivity index (χ0n) is 22.9. The third-order valence-electron chi connectivity index (χ3n) is 7.98. The lowest BCUT2D eigenvalue weighted by Crippen LogP contribution is -2.49. The number of benzene rings is 3. The summed E-state index contributed by atoms with van der Waals surface area (Å²) in [7, 11) is 1.66. The number of nitrogens with zero attached hydrogens (tertiary/aromatic N) is 2. The molecule has 6 nitrogen and oxygen atoms in total. The number of fused-ring (bicyclic) bond motifs is 1. The van der Waals surface area contributed by atoms with Crippen LogP contribution in [0.5, 0.6) is 6.01 Å². The van der Waals surface area contributed by atoms with Crippen molar-refractivity contribution < 1.29 is 19.0 Å². The zero-order valence-corrected chi connectivity index (χ0v) is 22.9. The highest BCUT2D eigenvalue weighted by Gasteiger charge is 2.53. The summed E-state index contributed by atoms with van der Waals surface area (Å²) in [6.07, 6.45) is 3.78. The number of aryl methyl sites for hydroxylation is 2. The van der Waals surface area contributed by atoms with Crippen LogP contribution in [0.25, 0.3) is 0 Å². The van der Waals surface area contributed by atoms with Crippen LogP contribution in [0.1, 0.15) is 44.4 Å². The Morgan fingerprint density at radius 2 is 1.40 bits per heavy atom. The molecule has 3 aromatic carbocycles. The van der Waals surface area contributed by atoms with Crippen LogP contribution < -0.4 is 4.74 Å². The zero-order chi connectivity index (χ0) is 27.7. The van der Waals surface area contributed by atoms with Crippen molar-refractivity contribution in [3.8, 4) is 6.01 Å². The van der Waals surface area contributed by atoms with Gasteiger partial charge in [0.1, 0.15) is 6.61 Å². The van der Waals surface area contributed by atoms with Crippen LogP contribution in [0.3, 0.4) is 0 Å². The first-order chi connectivity index (χ1) is 19.5. The van der Waals surface area contributed by atoms with Crippen molar-refractivity contribution in [3.05, 3.63) is 137 Å². The van der Waals surface area contributed by atoms with E-state index < -0.39 is 17.7 Å². The first-order valence-electron chi connectivity index (χ1n) is 13.6. The first kappa shape index (κ1) is 26.0. The highest BCUT2D eigenvalue weighted by Crippen LogP contribution is 2.61. The van der Waals surface area contributed by atoms with Crippen molar-refractivity contribution in [2.45, 2.75) is 31.5 Å². The van der Waals surface area contributed by atoms with Crippen LogP contribution in [0, 0.1) is 25.7 Å². The van der Waals surface area contributed by atoms with E-state index in [1.807, 2.05) is 56.3 Å². The second-order valence-electron chi connectivity index (χ2n) is 10.5. The van der Waals surface area contributed by atoms with Gasteiger partial charge in [-0.15, -0.1) is 0 Å². The fourth-order valence-corrected chi connectivity index (χ4v) is 5.87. The fourth-order valence-electron chi connectivity index (χ4n) is 5.87. The third-order valence-corrected chi connectivity index (χ3v) is 7.98. The highest BCUT2D eigenvalue weighted by molar-refractivity contribution is 5.89. The van der Waals surface area contributed by atoms with Crippen molar-refractivity contribution in [3.63, 3.8) is 0 Å². The normalized spacial score (nSPS) is 20.9. The summed E-state index contributed by atoms with van der Waals surface area (Å²) in [5.74, 6) is 1.45. The van der Waals surface area contributed by atoms with Crippen LogP contribution >= 0.6 is 0 Å². The number of carbonyl (C=O) groups is 1. The topological polar surface area (TPSA) is 70.5 Å². The van der Waals surface area contributed by atoms with E-state index in [0.717, 1.165) is 22.5 Å². The molecule has 1 heterocycles. The minimum atomic E-state index is -1.13. The predicted octanol–water partition coefficient (Wildman–Crippen LogP) is 6.19. The maximum absolute atomic E-state index is 13.0. The summed E-state index contributed by atoms with van der Waals surface area (Å²) in [5.41, 5.74) is 3.96. The second-order valence-corrected chi connectivity index (χ2v) is 10.5. The fraction of sp³-hybridized carbons (Fsp3) is 0.265. The standard InChI is InChI=1S/C34H32N2O4/c1-22-20-23(2)36-33(35-22)40-30(21-39-32(37)25-10-6-4-7-11-25)34(38-3,26-12-8-5-9-13-26)27-16-14-24(15-17-27)31-28-18-19-29(28)31/h4-20,28-31H,21H2,1-3H3/t28?,29?,30-,31?,34?/m1/s1. The molecule has 2 aliphatic carbocycles. The summed E-state index contributed by atoms with van der Waals surface area (Å²) in [4.78, 5) is 22.1. The van der Waals surface area contributed by atoms with Crippen LogP contribution in [-0.2, 0) is 15.1 Å². The number of ether oxygens (including phenoxy) is 3. The van der Waals surface area contributed by atoms with E-state index in [1.54, 1.807) is 31.4 Å². The molecule has 1 aromatic heterocycles. The van der Waals surface area contributed by atoms with E-state index in [4.69, 9.17) is 14.2 Å². The SMILES string of the molecule is COC(c1ccccc1)(c1ccc(C2C3C=CC32)cc1)[C@@H](COC(=O)c1ccccc1)Oc1nc(C)cc(C)n1. The minimum Gasteiger partial charge on any atom is -0.458 e. The second kappa shape index (κ2) is 10.7. The quantitative estimate of drug-likeness (QED) is 0.179. The summed E-state index contributed by atoms with van der Waals surface area (Å²) in [5, 5.41) is 0. The molecule has 4 atom stereocenters. The number of aromatic nitrogens is 2. The van der Waals surface area contributed by atoms with Crippen molar-refractivity contribution in [1.82, 2.24) is 9.97 Å². The average Bonchev–Trinajstić information content (AvgIpc) is 3.51. The molecule has 1 saturated carbocycles. The monoisotopic (exact) mass is 532 g/mol. The van der Waals surface area contributed by atoms with E-state index in [2.05, 4.69) is 46.4 Å². The van der Waals surface area contributed by atoms with E-state index in [-0.39, 0.29) is 12.6 Å². The van der Waals surface area contributed by atoms with Crippen LogP contribution in [0.4, 0.5) is 0 Å². The Kier molecular flexibility index (Phi) is 6.95. The van der Waals surface area contributed by atoms with Crippen molar-refractivity contribution >= 4 is 5.97 Å². The Balaban J connectivity index is 1.41. The Morgan fingerprint density at radius 1 is 0.825 bits per heavy atom. The largest absolute Gasteiger partial charge is 0.458 e. The van der Waals surface area contributed by atoms with Crippen molar-refractivity contribution in [1.29, 1.82) is 0 Å². The summed E-state index contributed by atoms with van der Waals surface area (Å²) in [6.45, 7) is 3.70. The van der Waals surface area contributed by atoms with Gasteiger partial charge < -0.3 is 14.2 Å². The van der Waals surface area contributed by atoms with Gasteiger partial charge in [0.15, 0.2) is 11.7 Å². The van der Waals surface area contributed by atoms with E-state index in [9.17, 15) is 4.79 Å². The summed E-state index contributed by atoms with van der Waals surface area (Å²) < 4.78 is 18.8. The lowest BCUT2D eigenvalue weighted by molar-refractivity contribution is -0.0917. The molecule has 0 bridgehead atoms. The molecule has 0 N–H and O–H groups in total. The summed E-state index contributed by atoms with van der Waals surface area (Å²) in [6, 6.07) is 29.5. The van der Waals surface area contributed by atoms with Gasteiger partial charge in [0.05, 0.1) is 5.56 Å². The molecule has 2 aliphatic rings. The van der Waals surface area contributed by atoms with Crippen LogP contribution in [0.15, 0.2) is 103 Å². The molecule has 6 heteroatoms. The average molecular weight is 533 g/mol. The van der Waals surface area contributed by atoms with Gasteiger partial charge in [-0.1, -0.05) is 84.9 Å². The van der Waals surface area contributed by atoms with Crippen molar-refractivity contribution in [2.24, 2.45) is 11.8 Å². The number of carbonyl (C=O) groups excluding carboxylic acids is 1. The van der Waals surface area contributed by atoms with Gasteiger partial charge in [-0.3, -0.25) is 0 Å². The molecule has 0 amide bonds. The Morgan fingerprint density at radius 3 is 1.98 bits per heavy atom. The molecule has 0 spiro atoms. The molecule has 1 fully saturated rings. The van der Waals surface area contributed by atoms with Gasteiger partial charge in [0.2, 0.25) is 0 Å². The highest BCUT2D eigenvalue weighted by atomic mass is 16.6. The maximum Gasteiger partial charge on any atom is 0.338 e. The number of esters is 1. The predicted molar refractivity (Wildman–Crippen MR) is 152 cm³/mol. The molecule has 4 aromatic rings. The smallest absolute Gasteiger partial charge is 0.338 e. The number of hydrogen-bond acceptors (Lipinski definition) is 6. The molecule has 0 radical (unpaired) electrons. The molecular weight excluding hydrogens is 500 g/mol. The maximum atomic E-state index is 13.0. The molecule has 202 valence electrons. The van der Waals surface area contributed by atoms with E-state index in [1.165, 1.54) is 5.56 Å². The Bertz CT molecular complexity index is 1490. The minimum absolute atomic E-state index is 0.0920. The third kappa shape index (κ3) is 4.80. The van der Waals surface area contributed by atoms with Gasteiger partial charge in [-0.25, -0.2) is 14.8 Å². The molecule has 40 heavy (non-hydrogen) atoms. The van der Waals surface area contributed by atoms with E-state index >= 15 is 0 Å². The Labute approximate surface area is 234 Å². The van der Waals surface area contributed by atoms with Crippen LogP contribution in [0.2, 0.25) is 0 Å². The molecular formula is C34H32N2O4. The van der Waals surface area contributed by atoms with Gasteiger partial charge >= 0.3 is 12.0 Å². The van der Waals surface area contributed by atoms with Gasteiger partial charge in [-0.2, -0.15) is 0 Å². The first-order valence-corrected chi connectivity index (χ1v) is 13.6. The number of hydrogen-bond donors (Lipinski definition) is 0. The van der Waals surface area contributed by atoms with Crippen molar-refractivity contribution in [2.75, 3.05) is 13.7 Å². The number of rotatable bonds is 10. The summed E-state index contributed by atoms with van der Waals surface area (Å²) >= 11 is 0. The van der Waals surface area contributed by atoms with E-state index in [0.29, 0.717) is 23.3 Å². The lowest BCUT2D eigenvalue weighted by Gasteiger charge is -2.39. The molecule has 0 saturated heterocycles.